The fraction of sp³-hybridized carbons (Fsp3) is 0.217. The van der Waals surface area contributed by atoms with Gasteiger partial charge in [0.05, 0.1) is 30.7 Å². The Bertz CT molecular complexity index is 1430. The van der Waals surface area contributed by atoms with Crippen LogP contribution in [0.25, 0.3) is 21.3 Å². The third-order valence-corrected chi connectivity index (χ3v) is 7.39. The summed E-state index contributed by atoms with van der Waals surface area (Å²) in [5.41, 5.74) is 1.55. The van der Waals surface area contributed by atoms with Crippen molar-refractivity contribution in [2.75, 3.05) is 19.5 Å². The minimum atomic E-state index is -3.76. The molecule has 0 aliphatic rings. The van der Waals surface area contributed by atoms with Crippen LogP contribution in [0, 0.1) is 6.92 Å². The van der Waals surface area contributed by atoms with Crippen molar-refractivity contribution in [3.8, 4) is 21.9 Å². The van der Waals surface area contributed by atoms with Crippen molar-refractivity contribution in [2.24, 2.45) is 5.14 Å². The average Bonchev–Trinajstić information content (AvgIpc) is 3.28. The predicted molar refractivity (Wildman–Crippen MR) is 131 cm³/mol. The van der Waals surface area contributed by atoms with Crippen molar-refractivity contribution >= 4 is 38.1 Å². The third kappa shape index (κ3) is 4.77. The molecule has 4 aromatic rings. The number of methoxy groups -OCH3 is 2. The van der Waals surface area contributed by atoms with Gasteiger partial charge in [0.25, 0.3) is 0 Å². The lowest BCUT2D eigenvalue weighted by molar-refractivity contribution is 0.356. The molecule has 0 fully saturated rings. The van der Waals surface area contributed by atoms with E-state index in [4.69, 9.17) is 14.6 Å². The molecule has 2 heterocycles. The number of rotatable bonds is 7. The fourth-order valence-corrected chi connectivity index (χ4v) is 5.09. The number of benzene rings is 2. The maximum Gasteiger partial charge on any atom is 0.238 e. The molecule has 0 bridgehead atoms. The number of nitrogens with zero attached hydrogens (tertiary/aromatic N) is 2. The molecule has 0 spiro atoms. The molecule has 2 aromatic heterocycles. The van der Waals surface area contributed by atoms with Crippen LogP contribution in [0.15, 0.2) is 53.4 Å². The molecule has 2 aromatic carbocycles. The molecule has 10 heteroatoms. The Morgan fingerprint density at radius 1 is 1.03 bits per heavy atom. The normalized spacial score (nSPS) is 12.5. The van der Waals surface area contributed by atoms with E-state index in [2.05, 4.69) is 15.3 Å². The summed E-state index contributed by atoms with van der Waals surface area (Å²) >= 11 is 1.57. The van der Waals surface area contributed by atoms with Crippen LogP contribution in [0.2, 0.25) is 0 Å². The van der Waals surface area contributed by atoms with E-state index in [0.717, 1.165) is 26.2 Å². The third-order valence-electron chi connectivity index (χ3n) is 5.17. The molecule has 3 N–H and O–H groups in total. The number of nitrogens with one attached hydrogen (secondary N) is 1. The summed E-state index contributed by atoms with van der Waals surface area (Å²) in [5, 5.41) is 9.58. The monoisotopic (exact) mass is 484 g/mol. The maximum absolute atomic E-state index is 11.7. The number of fused-ring (bicyclic) bond motifs is 1. The van der Waals surface area contributed by atoms with Gasteiger partial charge in [-0.25, -0.2) is 23.5 Å². The second kappa shape index (κ2) is 8.97. The van der Waals surface area contributed by atoms with Crippen molar-refractivity contribution in [1.29, 1.82) is 0 Å². The lowest BCUT2D eigenvalue weighted by Crippen LogP contribution is -2.11. The minimum absolute atomic E-state index is 0.0595. The number of aryl methyl sites for hydroxylation is 1. The molecular weight excluding hydrogens is 460 g/mol. The summed E-state index contributed by atoms with van der Waals surface area (Å²) in [6.45, 7) is 3.88. The molecular formula is C23H24N4O4S2. The van der Waals surface area contributed by atoms with E-state index in [1.165, 1.54) is 6.07 Å². The lowest BCUT2D eigenvalue weighted by atomic mass is 10.1. The van der Waals surface area contributed by atoms with Gasteiger partial charge in [0.15, 0.2) is 11.5 Å². The zero-order chi connectivity index (χ0) is 23.8. The number of nitrogens with two attached hydrogens (primary N) is 1. The Morgan fingerprint density at radius 2 is 1.76 bits per heavy atom. The molecule has 0 saturated carbocycles. The van der Waals surface area contributed by atoms with Crippen molar-refractivity contribution in [1.82, 2.24) is 9.97 Å². The molecule has 0 saturated heterocycles. The van der Waals surface area contributed by atoms with Crippen LogP contribution in [0.5, 0.6) is 11.5 Å². The van der Waals surface area contributed by atoms with Gasteiger partial charge in [0.2, 0.25) is 10.0 Å². The predicted octanol–water partition coefficient (Wildman–Crippen LogP) is 4.50. The first-order valence-corrected chi connectivity index (χ1v) is 12.5. The van der Waals surface area contributed by atoms with Crippen LogP contribution >= 0.6 is 11.3 Å². The van der Waals surface area contributed by atoms with Gasteiger partial charge in [0.1, 0.15) is 11.6 Å². The van der Waals surface area contributed by atoms with Gasteiger partial charge in [-0.05, 0) is 49.7 Å². The van der Waals surface area contributed by atoms with E-state index in [-0.39, 0.29) is 10.9 Å². The largest absolute Gasteiger partial charge is 0.493 e. The van der Waals surface area contributed by atoms with Gasteiger partial charge >= 0.3 is 0 Å². The van der Waals surface area contributed by atoms with Crippen LogP contribution < -0.4 is 19.9 Å². The van der Waals surface area contributed by atoms with Gasteiger partial charge in [-0.15, -0.1) is 11.3 Å². The average molecular weight is 485 g/mol. The molecule has 1 atom stereocenters. The molecule has 33 heavy (non-hydrogen) atoms. The van der Waals surface area contributed by atoms with Gasteiger partial charge < -0.3 is 14.8 Å². The number of anilines is 1. The Hall–Kier alpha value is -3.21. The van der Waals surface area contributed by atoms with Crippen molar-refractivity contribution in [3.63, 3.8) is 0 Å². The number of hydrogen-bond acceptors (Lipinski definition) is 8. The fourth-order valence-electron chi connectivity index (χ4n) is 3.53. The zero-order valence-electron chi connectivity index (χ0n) is 18.6. The molecule has 172 valence electrons. The number of ether oxygens (including phenoxy) is 2. The van der Waals surface area contributed by atoms with Crippen molar-refractivity contribution < 1.29 is 17.9 Å². The van der Waals surface area contributed by atoms with Crippen LogP contribution in [-0.2, 0) is 10.0 Å². The van der Waals surface area contributed by atoms with Crippen molar-refractivity contribution in [2.45, 2.75) is 24.8 Å². The topological polar surface area (TPSA) is 116 Å². The number of aromatic nitrogens is 2. The Morgan fingerprint density at radius 3 is 2.45 bits per heavy atom. The number of sulfonamides is 1. The smallest absolute Gasteiger partial charge is 0.238 e. The molecule has 0 unspecified atom stereocenters. The summed E-state index contributed by atoms with van der Waals surface area (Å²) < 4.78 is 34.2. The highest BCUT2D eigenvalue weighted by Gasteiger charge is 2.16. The molecule has 0 aliphatic carbocycles. The van der Waals surface area contributed by atoms with Crippen LogP contribution in [0.4, 0.5) is 5.82 Å². The Balaban J connectivity index is 1.66. The lowest BCUT2D eigenvalue weighted by Gasteiger charge is -2.16. The maximum atomic E-state index is 11.7. The Labute approximate surface area is 196 Å². The molecule has 4 rings (SSSR count). The van der Waals surface area contributed by atoms with E-state index < -0.39 is 10.0 Å². The van der Waals surface area contributed by atoms with Gasteiger partial charge in [-0.3, -0.25) is 0 Å². The first kappa shape index (κ1) is 23.0. The minimum Gasteiger partial charge on any atom is -0.493 e. The SMILES string of the molecule is COc1cc2nc(C)nc(N[C@@H](C)c3ccc(-c4cccc(S(N)(=O)=O)c4)s3)c2cc1OC. The van der Waals surface area contributed by atoms with E-state index in [0.29, 0.717) is 23.1 Å². The van der Waals surface area contributed by atoms with Crippen molar-refractivity contribution in [3.05, 3.63) is 59.2 Å². The Kier molecular flexibility index (Phi) is 6.24. The van der Waals surface area contributed by atoms with Gasteiger partial charge in [-0.2, -0.15) is 0 Å². The highest BCUT2D eigenvalue weighted by molar-refractivity contribution is 7.89. The first-order valence-electron chi connectivity index (χ1n) is 10.1. The zero-order valence-corrected chi connectivity index (χ0v) is 20.3. The summed E-state index contributed by atoms with van der Waals surface area (Å²) in [6.07, 6.45) is 0. The quantitative estimate of drug-likeness (QED) is 0.396. The van der Waals surface area contributed by atoms with E-state index >= 15 is 0 Å². The van der Waals surface area contributed by atoms with Crippen LogP contribution in [-0.4, -0.2) is 32.6 Å². The summed E-state index contributed by atoms with van der Waals surface area (Å²) in [7, 11) is -0.581. The number of primary sulfonamides is 1. The first-order chi connectivity index (χ1) is 15.7. The van der Waals surface area contributed by atoms with Crippen LogP contribution in [0.1, 0.15) is 23.7 Å². The molecule has 0 amide bonds. The molecule has 8 nitrogen and oxygen atoms in total. The molecule has 0 aliphatic heterocycles. The standard InChI is InChI=1S/C23H24N4O4S2/c1-13(21-8-9-22(32-21)15-6-5-7-16(10-15)33(24,28)29)25-23-17-11-19(30-3)20(31-4)12-18(17)26-14(2)27-23/h5-13H,1-4H3,(H2,24,28,29)(H,25,26,27)/t13-/m0/s1. The van der Waals surface area contributed by atoms with Gasteiger partial charge in [-0.1, -0.05) is 12.1 Å². The van der Waals surface area contributed by atoms with E-state index in [1.54, 1.807) is 37.7 Å². The second-order valence-electron chi connectivity index (χ2n) is 7.48. The van der Waals surface area contributed by atoms with E-state index in [1.807, 2.05) is 44.2 Å². The van der Waals surface area contributed by atoms with E-state index in [9.17, 15) is 8.42 Å². The summed E-state index contributed by atoms with van der Waals surface area (Å²) in [5.74, 6) is 2.53. The highest BCUT2D eigenvalue weighted by atomic mass is 32.2. The number of hydrogen-bond donors (Lipinski definition) is 2. The molecule has 0 radical (unpaired) electrons. The van der Waals surface area contributed by atoms with Gasteiger partial charge in [0, 0.05) is 21.2 Å². The highest BCUT2D eigenvalue weighted by Crippen LogP contribution is 2.37. The summed E-state index contributed by atoms with van der Waals surface area (Å²) in [6, 6.07) is 14.3. The number of thiophene rings is 1. The second-order valence-corrected chi connectivity index (χ2v) is 10.2. The van der Waals surface area contributed by atoms with Crippen LogP contribution in [0.3, 0.4) is 0 Å². The summed E-state index contributed by atoms with van der Waals surface area (Å²) in [4.78, 5) is 11.2.